The zero-order chi connectivity index (χ0) is 6.08. The molecular formula is C3H12As3N. The molecule has 4 atom stereocenters. The Labute approximate surface area is 70.7 Å². The third-order valence-electron chi connectivity index (χ3n) is 0.789. The van der Waals surface area contributed by atoms with Crippen molar-refractivity contribution in [2.45, 2.75) is 14.7 Å². The molecule has 0 aromatic rings. The maximum atomic E-state index is 5.75. The molecule has 0 saturated carbocycles. The SMILES string of the molecule is CC([AsH2])C(N)([AsH2])[AsH2]. The van der Waals surface area contributed by atoms with Crippen molar-refractivity contribution in [1.82, 2.24) is 0 Å². The van der Waals surface area contributed by atoms with E-state index in [9.17, 15) is 0 Å². The van der Waals surface area contributed by atoms with Gasteiger partial charge in [-0.15, -0.1) is 0 Å². The normalized spacial score (nSPS) is 16.7. The zero-order valence-electron chi connectivity index (χ0n) is 4.39. The van der Waals surface area contributed by atoms with E-state index in [1.807, 2.05) is 0 Å². The van der Waals surface area contributed by atoms with Gasteiger partial charge in [-0.3, -0.25) is 0 Å². The van der Waals surface area contributed by atoms with Gasteiger partial charge in [-0.05, 0) is 0 Å². The summed E-state index contributed by atoms with van der Waals surface area (Å²) in [6.45, 7) is 2.18. The molecule has 0 heterocycles. The molecule has 0 radical (unpaired) electrons. The zero-order valence-corrected chi connectivity index (χ0v) is 11.7. The molecule has 0 aliphatic rings. The van der Waals surface area contributed by atoms with E-state index in [1.165, 1.54) is 0 Å². The Hall–Kier alpha value is 1.64. The molecule has 0 bridgehead atoms. The van der Waals surface area contributed by atoms with Crippen molar-refractivity contribution in [3.05, 3.63) is 0 Å². The minimum absolute atomic E-state index is 0.153. The van der Waals surface area contributed by atoms with Crippen LogP contribution >= 0.6 is 0 Å². The summed E-state index contributed by atoms with van der Waals surface area (Å²) in [4.78, 5) is 0. The van der Waals surface area contributed by atoms with Gasteiger partial charge in [0, 0.05) is 0 Å². The molecule has 0 amide bonds. The summed E-state index contributed by atoms with van der Waals surface area (Å²) in [6.07, 6.45) is 0. The van der Waals surface area contributed by atoms with Crippen molar-refractivity contribution in [3.63, 3.8) is 0 Å². The molecule has 7 heavy (non-hydrogen) atoms. The molecule has 0 aliphatic heterocycles. The number of nitrogens with two attached hydrogens (primary N) is 1. The predicted molar refractivity (Wildman–Crippen MR) is 42.0 cm³/mol. The van der Waals surface area contributed by atoms with Crippen molar-refractivity contribution in [1.29, 1.82) is 0 Å². The average Bonchev–Trinajstić information content (AvgIpc) is 1.31. The van der Waals surface area contributed by atoms with Crippen LogP contribution in [0.15, 0.2) is 0 Å². The van der Waals surface area contributed by atoms with Crippen molar-refractivity contribution in [3.8, 4) is 0 Å². The summed E-state index contributed by atoms with van der Waals surface area (Å²) in [5.74, 6) is 0. The molecule has 0 rings (SSSR count). The summed E-state index contributed by atoms with van der Waals surface area (Å²) in [5, 5.41) is 0. The second-order valence-corrected chi connectivity index (χ2v) is 11.0. The third-order valence-corrected chi connectivity index (χ3v) is 7.59. The standard InChI is InChI=1S/C3H12As3N/c1-2(4)3(5,6)7/h2H,4-7H2,1H3. The van der Waals surface area contributed by atoms with Crippen LogP contribution in [0.25, 0.3) is 0 Å². The van der Waals surface area contributed by atoms with Crippen LogP contribution in [-0.2, 0) is 0 Å². The first-order chi connectivity index (χ1) is 2.94. The molecule has 0 spiro atoms. The Kier molecular flexibility index (Phi) is 3.67. The molecule has 44 valence electrons. The van der Waals surface area contributed by atoms with Gasteiger partial charge in [0.2, 0.25) is 0 Å². The van der Waals surface area contributed by atoms with E-state index in [0.717, 1.165) is 0 Å². The van der Waals surface area contributed by atoms with E-state index in [2.05, 4.69) is 6.92 Å². The van der Waals surface area contributed by atoms with Gasteiger partial charge in [0.15, 0.2) is 0 Å². The van der Waals surface area contributed by atoms with Gasteiger partial charge in [-0.1, -0.05) is 0 Å². The van der Waals surface area contributed by atoms with Crippen molar-refractivity contribution < 1.29 is 0 Å². The number of rotatable bonds is 1. The Morgan fingerprint density at radius 2 is 1.71 bits per heavy atom. The Balaban J connectivity index is 3.54. The molecule has 0 aliphatic carbocycles. The fourth-order valence-corrected chi connectivity index (χ4v) is 0. The molecule has 1 nitrogen and oxygen atoms in total. The molecule has 0 aromatic carbocycles. The van der Waals surface area contributed by atoms with Crippen molar-refractivity contribution in [2.75, 3.05) is 0 Å². The van der Waals surface area contributed by atoms with Crippen LogP contribution < -0.4 is 5.73 Å². The molecule has 0 saturated heterocycles. The van der Waals surface area contributed by atoms with Crippen LogP contribution in [-0.4, -0.2) is 53.7 Å². The predicted octanol–water partition coefficient (Wildman–Crippen LogP) is -2.69. The van der Waals surface area contributed by atoms with Gasteiger partial charge >= 0.3 is 71.0 Å². The topological polar surface area (TPSA) is 26.0 Å². The van der Waals surface area contributed by atoms with Crippen LogP contribution in [0.4, 0.5) is 0 Å². The second kappa shape index (κ2) is 2.97. The summed E-state index contributed by atoms with van der Waals surface area (Å²) in [5.41, 5.74) is 5.75. The van der Waals surface area contributed by atoms with E-state index >= 15 is 0 Å². The average molecular weight is 287 g/mol. The quantitative estimate of drug-likeness (QED) is 0.522. The van der Waals surface area contributed by atoms with Crippen molar-refractivity contribution >= 4 is 50.6 Å². The molecule has 4 heteroatoms. The van der Waals surface area contributed by atoms with Gasteiger partial charge in [0.25, 0.3) is 0 Å². The van der Waals surface area contributed by atoms with Crippen LogP contribution in [0.2, 0.25) is 4.71 Å². The van der Waals surface area contributed by atoms with E-state index < -0.39 is 0 Å². The van der Waals surface area contributed by atoms with Gasteiger partial charge in [0.1, 0.15) is 0 Å². The molecule has 4 unspecified atom stereocenters. The summed E-state index contributed by atoms with van der Waals surface area (Å²) in [7, 11) is 0. The van der Waals surface area contributed by atoms with Gasteiger partial charge in [-0.2, -0.15) is 0 Å². The fraction of sp³-hybridized carbons (Fsp3) is 1.00. The van der Waals surface area contributed by atoms with E-state index in [4.69, 9.17) is 5.73 Å². The van der Waals surface area contributed by atoms with Gasteiger partial charge < -0.3 is 0 Å². The molecule has 2 N–H and O–H groups in total. The first kappa shape index (κ1) is 8.64. The second-order valence-electron chi connectivity index (χ2n) is 1.79. The summed E-state index contributed by atoms with van der Waals surface area (Å²) >= 11 is 5.05. The van der Waals surface area contributed by atoms with Crippen molar-refractivity contribution in [2.24, 2.45) is 5.73 Å². The van der Waals surface area contributed by atoms with Gasteiger partial charge in [-0.25, -0.2) is 0 Å². The fourth-order valence-electron chi connectivity index (χ4n) is 0. The van der Waals surface area contributed by atoms with Crippen LogP contribution in [0.3, 0.4) is 0 Å². The number of hydrogen-bond donors (Lipinski definition) is 1. The summed E-state index contributed by atoms with van der Waals surface area (Å²) < 4.78 is 0.847. The first-order valence-corrected chi connectivity index (χ1v) is 5.89. The Bertz CT molecular complexity index is 55.7. The summed E-state index contributed by atoms with van der Waals surface area (Å²) in [6, 6.07) is 0. The van der Waals surface area contributed by atoms with Crippen LogP contribution in [0.5, 0.6) is 0 Å². The first-order valence-electron chi connectivity index (χ1n) is 2.07. The van der Waals surface area contributed by atoms with E-state index in [-0.39, 0.29) is 3.11 Å². The third kappa shape index (κ3) is 4.16. The molecule has 0 fully saturated rings. The molecule has 0 aromatic heterocycles. The van der Waals surface area contributed by atoms with Gasteiger partial charge in [0.05, 0.1) is 0 Å². The van der Waals surface area contributed by atoms with Crippen LogP contribution in [0, 0.1) is 0 Å². The Morgan fingerprint density at radius 3 is 1.71 bits per heavy atom. The minimum atomic E-state index is 0.153. The van der Waals surface area contributed by atoms with Crippen LogP contribution in [0.1, 0.15) is 6.92 Å². The number of hydrogen-bond acceptors (Lipinski definition) is 1. The molecular weight excluding hydrogens is 275 g/mol. The van der Waals surface area contributed by atoms with E-state index in [1.54, 1.807) is 50.6 Å². The Morgan fingerprint density at radius 1 is 1.57 bits per heavy atom. The van der Waals surface area contributed by atoms with E-state index in [0.29, 0.717) is 4.71 Å². The maximum absolute atomic E-state index is 5.75. The monoisotopic (exact) mass is 287 g/mol.